The first-order valence-electron chi connectivity index (χ1n) is 7.24. The number of pyridine rings is 1. The Hall–Kier alpha value is -1.62. The van der Waals surface area contributed by atoms with Crippen LogP contribution in [0.15, 0.2) is 18.3 Å². The molecule has 1 amide bonds. The monoisotopic (exact) mass is 277 g/mol. The van der Waals surface area contributed by atoms with Gasteiger partial charge in [-0.2, -0.15) is 0 Å². The Morgan fingerprint density at radius 1 is 1.60 bits per heavy atom. The molecular formula is C15H23N3O2. The summed E-state index contributed by atoms with van der Waals surface area (Å²) in [4.78, 5) is 18.4. The number of nitrogens with zero attached hydrogens (tertiary/aromatic N) is 2. The van der Waals surface area contributed by atoms with Crippen LogP contribution in [0.1, 0.15) is 30.1 Å². The van der Waals surface area contributed by atoms with Crippen LogP contribution in [-0.2, 0) is 4.74 Å². The quantitative estimate of drug-likeness (QED) is 0.894. The van der Waals surface area contributed by atoms with E-state index >= 15 is 0 Å². The van der Waals surface area contributed by atoms with Crippen LogP contribution in [0.25, 0.3) is 0 Å². The number of hydrogen-bond acceptors (Lipinski definition) is 4. The second kappa shape index (κ2) is 7.24. The Morgan fingerprint density at radius 3 is 3.15 bits per heavy atom. The van der Waals surface area contributed by atoms with Crippen LogP contribution < -0.4 is 5.32 Å². The fraction of sp³-hybridized carbons (Fsp3) is 0.600. The normalized spacial score (nSPS) is 18.6. The molecule has 1 aromatic heterocycles. The van der Waals surface area contributed by atoms with E-state index in [1.54, 1.807) is 23.2 Å². The van der Waals surface area contributed by atoms with Gasteiger partial charge in [-0.15, -0.1) is 0 Å². The van der Waals surface area contributed by atoms with Gasteiger partial charge < -0.3 is 15.0 Å². The molecule has 20 heavy (non-hydrogen) atoms. The minimum atomic E-state index is 0.0390. The van der Waals surface area contributed by atoms with Crippen molar-refractivity contribution in [1.29, 1.82) is 0 Å². The average Bonchev–Trinajstić information content (AvgIpc) is 2.48. The van der Waals surface area contributed by atoms with E-state index in [4.69, 9.17) is 4.74 Å². The molecule has 0 bridgehead atoms. The number of amides is 1. The molecule has 110 valence electrons. The molecule has 5 nitrogen and oxygen atoms in total. The molecule has 1 saturated heterocycles. The fourth-order valence-electron chi connectivity index (χ4n) is 2.48. The van der Waals surface area contributed by atoms with Gasteiger partial charge in [-0.3, -0.25) is 4.79 Å². The van der Waals surface area contributed by atoms with Crippen molar-refractivity contribution < 1.29 is 9.53 Å². The lowest BCUT2D eigenvalue weighted by atomic mass is 10.0. The van der Waals surface area contributed by atoms with Gasteiger partial charge in [0, 0.05) is 38.5 Å². The van der Waals surface area contributed by atoms with Crippen molar-refractivity contribution in [3.05, 3.63) is 23.9 Å². The molecule has 0 saturated carbocycles. The van der Waals surface area contributed by atoms with Gasteiger partial charge >= 0.3 is 0 Å². The lowest BCUT2D eigenvalue weighted by Crippen LogP contribution is -2.35. The third-order valence-electron chi connectivity index (χ3n) is 3.50. The minimum Gasteiger partial charge on any atom is -0.381 e. The van der Waals surface area contributed by atoms with E-state index in [2.05, 4.69) is 10.3 Å². The predicted octanol–water partition coefficient (Wildman–Crippen LogP) is 2.01. The van der Waals surface area contributed by atoms with Gasteiger partial charge in [-0.1, -0.05) is 0 Å². The topological polar surface area (TPSA) is 54.5 Å². The van der Waals surface area contributed by atoms with Crippen LogP contribution in [-0.4, -0.2) is 49.1 Å². The van der Waals surface area contributed by atoms with Crippen LogP contribution in [0.5, 0.6) is 0 Å². The molecule has 1 unspecified atom stereocenters. The molecule has 0 aromatic carbocycles. The molecule has 0 radical (unpaired) electrons. The molecule has 0 spiro atoms. The summed E-state index contributed by atoms with van der Waals surface area (Å²) >= 11 is 0. The summed E-state index contributed by atoms with van der Waals surface area (Å²) in [6, 6.07) is 3.57. The van der Waals surface area contributed by atoms with E-state index in [1.165, 1.54) is 0 Å². The summed E-state index contributed by atoms with van der Waals surface area (Å²) in [5.74, 6) is 1.23. The third kappa shape index (κ3) is 3.93. The fourth-order valence-corrected chi connectivity index (χ4v) is 2.48. The van der Waals surface area contributed by atoms with Crippen LogP contribution in [0.2, 0.25) is 0 Å². The van der Waals surface area contributed by atoms with E-state index in [1.807, 2.05) is 14.0 Å². The standard InChI is InChI=1S/C15H23N3O2/c1-3-16-14-9-13(6-7-17-14)15(19)18(2)10-12-5-4-8-20-11-12/h6-7,9,12H,3-5,8,10-11H2,1-2H3,(H,16,17). The Balaban J connectivity index is 1.96. The van der Waals surface area contributed by atoms with Crippen LogP contribution in [0, 0.1) is 5.92 Å². The molecule has 1 fully saturated rings. The van der Waals surface area contributed by atoms with Crippen molar-refractivity contribution in [2.24, 2.45) is 5.92 Å². The largest absolute Gasteiger partial charge is 0.381 e. The average molecular weight is 277 g/mol. The molecule has 5 heteroatoms. The van der Waals surface area contributed by atoms with Crippen molar-refractivity contribution in [2.45, 2.75) is 19.8 Å². The van der Waals surface area contributed by atoms with Crippen molar-refractivity contribution in [3.8, 4) is 0 Å². The van der Waals surface area contributed by atoms with Crippen LogP contribution >= 0.6 is 0 Å². The highest BCUT2D eigenvalue weighted by molar-refractivity contribution is 5.94. The summed E-state index contributed by atoms with van der Waals surface area (Å²) in [5.41, 5.74) is 0.676. The van der Waals surface area contributed by atoms with Crippen LogP contribution in [0.3, 0.4) is 0 Å². The maximum absolute atomic E-state index is 12.4. The number of anilines is 1. The number of nitrogens with one attached hydrogen (secondary N) is 1. The molecule has 1 aliphatic rings. The van der Waals surface area contributed by atoms with Crippen molar-refractivity contribution in [2.75, 3.05) is 38.7 Å². The minimum absolute atomic E-state index is 0.0390. The number of carbonyl (C=O) groups is 1. The predicted molar refractivity (Wildman–Crippen MR) is 78.9 cm³/mol. The van der Waals surface area contributed by atoms with Crippen molar-refractivity contribution >= 4 is 11.7 Å². The Bertz CT molecular complexity index is 444. The van der Waals surface area contributed by atoms with E-state index in [0.717, 1.165) is 45.0 Å². The number of aromatic nitrogens is 1. The summed E-state index contributed by atoms with van der Waals surface area (Å²) < 4.78 is 5.46. The first-order valence-corrected chi connectivity index (χ1v) is 7.24. The zero-order chi connectivity index (χ0) is 14.4. The first-order chi connectivity index (χ1) is 9.70. The highest BCUT2D eigenvalue weighted by atomic mass is 16.5. The smallest absolute Gasteiger partial charge is 0.253 e. The van der Waals surface area contributed by atoms with Gasteiger partial charge in [-0.05, 0) is 37.8 Å². The highest BCUT2D eigenvalue weighted by Crippen LogP contribution is 2.16. The molecule has 0 aliphatic carbocycles. The number of carbonyl (C=O) groups excluding carboxylic acids is 1. The molecule has 1 aliphatic heterocycles. The highest BCUT2D eigenvalue weighted by Gasteiger charge is 2.19. The summed E-state index contributed by atoms with van der Waals surface area (Å²) in [6.07, 6.45) is 3.89. The summed E-state index contributed by atoms with van der Waals surface area (Å²) in [6.45, 7) is 5.16. The zero-order valence-electron chi connectivity index (χ0n) is 12.3. The van der Waals surface area contributed by atoms with E-state index in [0.29, 0.717) is 11.5 Å². The zero-order valence-corrected chi connectivity index (χ0v) is 12.3. The Morgan fingerprint density at radius 2 is 2.45 bits per heavy atom. The summed E-state index contributed by atoms with van der Waals surface area (Å²) in [5, 5.41) is 3.12. The SMILES string of the molecule is CCNc1cc(C(=O)N(C)CC2CCCOC2)ccn1. The third-order valence-corrected chi connectivity index (χ3v) is 3.50. The first kappa shape index (κ1) is 14.8. The van der Waals surface area contributed by atoms with Crippen LogP contribution in [0.4, 0.5) is 5.82 Å². The summed E-state index contributed by atoms with van der Waals surface area (Å²) in [7, 11) is 1.85. The van der Waals surface area contributed by atoms with Gasteiger partial charge in [-0.25, -0.2) is 4.98 Å². The lowest BCUT2D eigenvalue weighted by molar-refractivity contribution is 0.0388. The lowest BCUT2D eigenvalue weighted by Gasteiger charge is -2.27. The molecule has 1 atom stereocenters. The van der Waals surface area contributed by atoms with Gasteiger partial charge in [0.2, 0.25) is 0 Å². The molecule has 1 aromatic rings. The van der Waals surface area contributed by atoms with E-state index in [-0.39, 0.29) is 5.91 Å². The molecule has 2 heterocycles. The van der Waals surface area contributed by atoms with Gasteiger partial charge in [0.15, 0.2) is 0 Å². The maximum atomic E-state index is 12.4. The van der Waals surface area contributed by atoms with Gasteiger partial charge in [0.25, 0.3) is 5.91 Å². The maximum Gasteiger partial charge on any atom is 0.253 e. The number of rotatable bonds is 5. The Labute approximate surface area is 120 Å². The Kier molecular flexibility index (Phi) is 5.35. The second-order valence-corrected chi connectivity index (χ2v) is 5.23. The molecule has 2 rings (SSSR count). The van der Waals surface area contributed by atoms with Crippen molar-refractivity contribution in [3.63, 3.8) is 0 Å². The van der Waals surface area contributed by atoms with Gasteiger partial charge in [0.05, 0.1) is 6.61 Å². The van der Waals surface area contributed by atoms with Gasteiger partial charge in [0.1, 0.15) is 5.82 Å². The van der Waals surface area contributed by atoms with Crippen molar-refractivity contribution in [1.82, 2.24) is 9.88 Å². The number of ether oxygens (including phenoxy) is 1. The molecular weight excluding hydrogens is 254 g/mol. The second-order valence-electron chi connectivity index (χ2n) is 5.23. The van der Waals surface area contributed by atoms with E-state index < -0.39 is 0 Å². The number of hydrogen-bond donors (Lipinski definition) is 1. The molecule has 1 N–H and O–H groups in total. The van der Waals surface area contributed by atoms with E-state index in [9.17, 15) is 4.79 Å².